The molecule has 0 aromatic rings. The van der Waals surface area contributed by atoms with E-state index < -0.39 is 0 Å². The number of hydrogen-bond acceptors (Lipinski definition) is 3. The van der Waals surface area contributed by atoms with Crippen molar-refractivity contribution in [2.75, 3.05) is 24.6 Å². The van der Waals surface area contributed by atoms with Gasteiger partial charge < -0.3 is 5.11 Å². The van der Waals surface area contributed by atoms with Crippen LogP contribution >= 0.6 is 11.8 Å². The second-order valence-electron chi connectivity index (χ2n) is 4.16. The van der Waals surface area contributed by atoms with Crippen molar-refractivity contribution in [1.82, 2.24) is 4.90 Å². The van der Waals surface area contributed by atoms with Crippen LogP contribution in [0.15, 0.2) is 0 Å². The first-order valence-electron chi connectivity index (χ1n) is 5.11. The first kappa shape index (κ1) is 11.3. The van der Waals surface area contributed by atoms with Crippen LogP contribution in [0.2, 0.25) is 0 Å². The molecule has 78 valence electrons. The molecule has 3 unspecified atom stereocenters. The summed E-state index contributed by atoms with van der Waals surface area (Å²) in [6.45, 7) is 8.56. The van der Waals surface area contributed by atoms with Crippen molar-refractivity contribution >= 4 is 11.8 Å². The minimum absolute atomic E-state index is 0.213. The van der Waals surface area contributed by atoms with Gasteiger partial charge >= 0.3 is 0 Å². The Hall–Kier alpha value is 0.270. The molecule has 3 heteroatoms. The molecule has 1 aliphatic rings. The Balaban J connectivity index is 2.47. The fourth-order valence-corrected chi connectivity index (χ4v) is 2.72. The van der Waals surface area contributed by atoms with Crippen LogP contribution in [0.3, 0.4) is 0 Å². The highest BCUT2D eigenvalue weighted by Gasteiger charge is 2.22. The number of nitrogens with zero attached hydrogens (tertiary/aromatic N) is 1. The van der Waals surface area contributed by atoms with E-state index in [4.69, 9.17) is 0 Å². The number of thioether (sulfide) groups is 1. The fourth-order valence-electron chi connectivity index (χ4n) is 1.69. The molecule has 0 radical (unpaired) electrons. The van der Waals surface area contributed by atoms with Crippen molar-refractivity contribution < 1.29 is 5.11 Å². The normalized spacial score (nSPS) is 30.9. The number of rotatable bonds is 2. The maximum Gasteiger partial charge on any atom is 0.0664 e. The summed E-state index contributed by atoms with van der Waals surface area (Å²) in [5.74, 6) is 3.23. The van der Waals surface area contributed by atoms with Crippen molar-refractivity contribution in [2.45, 2.75) is 32.9 Å². The minimum Gasteiger partial charge on any atom is -0.392 e. The van der Waals surface area contributed by atoms with Gasteiger partial charge in [0.15, 0.2) is 0 Å². The number of aliphatic hydroxyl groups is 1. The average Bonchev–Trinajstić information content (AvgIpc) is 2.28. The zero-order valence-corrected chi connectivity index (χ0v) is 9.68. The van der Waals surface area contributed by atoms with Crippen LogP contribution in [0.5, 0.6) is 0 Å². The predicted octanol–water partition coefficient (Wildman–Crippen LogP) is 1.44. The SMILES string of the molecule is CC1CSCCN(C(C)C(C)O)C1. The molecule has 0 aromatic carbocycles. The van der Waals surface area contributed by atoms with Crippen LogP contribution in [0.1, 0.15) is 20.8 Å². The molecule has 0 bridgehead atoms. The van der Waals surface area contributed by atoms with Gasteiger partial charge in [0.25, 0.3) is 0 Å². The lowest BCUT2D eigenvalue weighted by atomic mass is 10.1. The lowest BCUT2D eigenvalue weighted by Crippen LogP contribution is -2.42. The monoisotopic (exact) mass is 203 g/mol. The molecule has 0 amide bonds. The second kappa shape index (κ2) is 5.23. The molecule has 1 saturated heterocycles. The van der Waals surface area contributed by atoms with Crippen LogP contribution in [-0.4, -0.2) is 46.7 Å². The van der Waals surface area contributed by atoms with Crippen LogP contribution in [0.25, 0.3) is 0 Å². The van der Waals surface area contributed by atoms with Crippen LogP contribution in [0, 0.1) is 5.92 Å². The van der Waals surface area contributed by atoms with E-state index in [1.807, 2.05) is 18.7 Å². The average molecular weight is 203 g/mol. The van der Waals surface area contributed by atoms with Gasteiger partial charge in [-0.05, 0) is 25.5 Å². The first-order chi connectivity index (χ1) is 6.11. The zero-order chi connectivity index (χ0) is 9.84. The summed E-state index contributed by atoms with van der Waals surface area (Å²) >= 11 is 2.03. The molecule has 13 heavy (non-hydrogen) atoms. The van der Waals surface area contributed by atoms with Gasteiger partial charge in [-0.1, -0.05) is 6.92 Å². The van der Waals surface area contributed by atoms with E-state index in [0.717, 1.165) is 19.0 Å². The summed E-state index contributed by atoms with van der Waals surface area (Å²) in [5, 5.41) is 9.50. The molecule has 0 aliphatic carbocycles. The summed E-state index contributed by atoms with van der Waals surface area (Å²) in [6, 6.07) is 0.307. The van der Waals surface area contributed by atoms with Gasteiger partial charge in [0, 0.05) is 24.9 Å². The number of aliphatic hydroxyl groups excluding tert-OH is 1. The lowest BCUT2D eigenvalue weighted by molar-refractivity contribution is 0.0692. The minimum atomic E-state index is -0.213. The molecule has 1 heterocycles. The van der Waals surface area contributed by atoms with Crippen LogP contribution in [-0.2, 0) is 0 Å². The Morgan fingerprint density at radius 1 is 1.46 bits per heavy atom. The molecule has 0 spiro atoms. The van der Waals surface area contributed by atoms with Crippen molar-refractivity contribution in [3.05, 3.63) is 0 Å². The molecule has 0 aromatic heterocycles. The standard InChI is InChI=1S/C10H21NOS/c1-8-6-11(4-5-13-7-8)9(2)10(3)12/h8-10,12H,4-7H2,1-3H3. The fraction of sp³-hybridized carbons (Fsp3) is 1.00. The molecule has 3 atom stereocenters. The third-order valence-electron chi connectivity index (χ3n) is 2.75. The van der Waals surface area contributed by atoms with E-state index in [-0.39, 0.29) is 6.10 Å². The van der Waals surface area contributed by atoms with E-state index in [2.05, 4.69) is 18.7 Å². The second-order valence-corrected chi connectivity index (χ2v) is 5.31. The Bertz CT molecular complexity index is 152. The highest BCUT2D eigenvalue weighted by atomic mass is 32.2. The quantitative estimate of drug-likeness (QED) is 0.734. The van der Waals surface area contributed by atoms with E-state index in [1.54, 1.807) is 0 Å². The van der Waals surface area contributed by atoms with Crippen molar-refractivity contribution in [3.63, 3.8) is 0 Å². The van der Waals surface area contributed by atoms with Crippen LogP contribution in [0.4, 0.5) is 0 Å². The van der Waals surface area contributed by atoms with Gasteiger partial charge in [-0.3, -0.25) is 4.90 Å². The first-order valence-corrected chi connectivity index (χ1v) is 6.26. The summed E-state index contributed by atoms with van der Waals surface area (Å²) < 4.78 is 0. The van der Waals surface area contributed by atoms with Gasteiger partial charge in [-0.25, -0.2) is 0 Å². The van der Waals surface area contributed by atoms with E-state index >= 15 is 0 Å². The molecule has 1 rings (SSSR count). The Labute approximate surface area is 85.7 Å². The lowest BCUT2D eigenvalue weighted by Gasteiger charge is -2.30. The summed E-state index contributed by atoms with van der Waals surface area (Å²) in [7, 11) is 0. The third kappa shape index (κ3) is 3.49. The molecule has 2 nitrogen and oxygen atoms in total. The third-order valence-corrected chi connectivity index (χ3v) is 4.02. The highest BCUT2D eigenvalue weighted by molar-refractivity contribution is 7.99. The van der Waals surface area contributed by atoms with Gasteiger partial charge in [0.2, 0.25) is 0 Å². The van der Waals surface area contributed by atoms with Crippen LogP contribution < -0.4 is 0 Å². The maximum absolute atomic E-state index is 9.50. The Morgan fingerprint density at radius 3 is 2.77 bits per heavy atom. The predicted molar refractivity (Wildman–Crippen MR) is 59.2 cm³/mol. The Kier molecular flexibility index (Phi) is 4.56. The van der Waals surface area contributed by atoms with E-state index in [1.165, 1.54) is 11.5 Å². The zero-order valence-electron chi connectivity index (χ0n) is 8.86. The summed E-state index contributed by atoms with van der Waals surface area (Å²) in [5.41, 5.74) is 0. The van der Waals surface area contributed by atoms with Gasteiger partial charge in [0.05, 0.1) is 6.10 Å². The van der Waals surface area contributed by atoms with Gasteiger partial charge in [0.1, 0.15) is 0 Å². The molecular weight excluding hydrogens is 182 g/mol. The highest BCUT2D eigenvalue weighted by Crippen LogP contribution is 2.18. The topological polar surface area (TPSA) is 23.5 Å². The smallest absolute Gasteiger partial charge is 0.0664 e. The summed E-state index contributed by atoms with van der Waals surface area (Å²) in [6.07, 6.45) is -0.213. The van der Waals surface area contributed by atoms with E-state index in [9.17, 15) is 5.11 Å². The molecule has 1 N–H and O–H groups in total. The maximum atomic E-state index is 9.50. The van der Waals surface area contributed by atoms with E-state index in [0.29, 0.717) is 6.04 Å². The summed E-state index contributed by atoms with van der Waals surface area (Å²) in [4.78, 5) is 2.41. The molecule has 0 saturated carbocycles. The largest absolute Gasteiger partial charge is 0.392 e. The number of hydrogen-bond donors (Lipinski definition) is 1. The van der Waals surface area contributed by atoms with Crippen molar-refractivity contribution in [1.29, 1.82) is 0 Å². The Morgan fingerprint density at radius 2 is 2.15 bits per heavy atom. The van der Waals surface area contributed by atoms with Gasteiger partial charge in [-0.2, -0.15) is 11.8 Å². The van der Waals surface area contributed by atoms with Crippen molar-refractivity contribution in [2.24, 2.45) is 5.92 Å². The molecular formula is C10H21NOS. The van der Waals surface area contributed by atoms with Crippen molar-refractivity contribution in [3.8, 4) is 0 Å². The molecule has 1 fully saturated rings. The molecule has 1 aliphatic heterocycles. The van der Waals surface area contributed by atoms with Gasteiger partial charge in [-0.15, -0.1) is 0 Å².